The van der Waals surface area contributed by atoms with E-state index in [9.17, 15) is 19.1 Å². The third-order valence-electron chi connectivity index (χ3n) is 3.51. The highest BCUT2D eigenvalue weighted by atomic mass is 35.5. The topological polar surface area (TPSA) is 69.6 Å². The first-order chi connectivity index (χ1) is 11.4. The van der Waals surface area contributed by atoms with Crippen LogP contribution in [0, 0.1) is 5.82 Å². The zero-order valence-electron chi connectivity index (χ0n) is 12.3. The fraction of sp³-hybridized carbons (Fsp3) is 0.0588. The van der Waals surface area contributed by atoms with Crippen LogP contribution in [0.3, 0.4) is 0 Å². The first-order valence-corrected chi connectivity index (χ1v) is 7.39. The van der Waals surface area contributed by atoms with Crippen LogP contribution in [-0.4, -0.2) is 21.9 Å². The molecule has 1 heterocycles. The summed E-state index contributed by atoms with van der Waals surface area (Å²) in [7, 11) is 0. The molecule has 24 heavy (non-hydrogen) atoms. The number of halogens is 2. The highest BCUT2D eigenvalue weighted by Gasteiger charge is 2.33. The van der Waals surface area contributed by atoms with Crippen LogP contribution in [0.4, 0.5) is 9.18 Å². The third kappa shape index (κ3) is 3.23. The molecule has 2 N–H and O–H groups in total. The average Bonchev–Trinajstić information content (AvgIpc) is 2.80. The van der Waals surface area contributed by atoms with Crippen molar-refractivity contribution in [3.63, 3.8) is 0 Å². The number of benzene rings is 2. The Labute approximate surface area is 142 Å². The summed E-state index contributed by atoms with van der Waals surface area (Å²) < 4.78 is 12.9. The Kier molecular flexibility index (Phi) is 4.22. The Morgan fingerprint density at radius 2 is 1.88 bits per heavy atom. The van der Waals surface area contributed by atoms with Crippen molar-refractivity contribution in [2.24, 2.45) is 0 Å². The fourth-order valence-corrected chi connectivity index (χ4v) is 2.46. The monoisotopic (exact) mass is 346 g/mol. The van der Waals surface area contributed by atoms with Gasteiger partial charge in [-0.3, -0.25) is 9.69 Å². The maximum Gasteiger partial charge on any atom is 0.329 e. The number of hydrogen-bond acceptors (Lipinski definition) is 3. The van der Waals surface area contributed by atoms with Crippen molar-refractivity contribution in [2.75, 3.05) is 0 Å². The van der Waals surface area contributed by atoms with Gasteiger partial charge in [-0.05, 0) is 42.0 Å². The second-order valence-electron chi connectivity index (χ2n) is 5.21. The van der Waals surface area contributed by atoms with Crippen LogP contribution in [0.15, 0.2) is 48.2 Å². The molecule has 0 aromatic heterocycles. The van der Waals surface area contributed by atoms with E-state index in [4.69, 9.17) is 11.6 Å². The van der Waals surface area contributed by atoms with Gasteiger partial charge in [-0.1, -0.05) is 23.7 Å². The number of aromatic hydroxyl groups is 1. The van der Waals surface area contributed by atoms with E-state index in [1.165, 1.54) is 48.5 Å². The number of nitrogens with one attached hydrogen (secondary N) is 1. The Bertz CT molecular complexity index is 849. The van der Waals surface area contributed by atoms with E-state index in [1.807, 2.05) is 0 Å². The lowest BCUT2D eigenvalue weighted by Crippen LogP contribution is -2.30. The lowest BCUT2D eigenvalue weighted by molar-refractivity contribution is -0.123. The highest BCUT2D eigenvalue weighted by Crippen LogP contribution is 2.25. The molecule has 1 saturated heterocycles. The van der Waals surface area contributed by atoms with E-state index in [1.54, 1.807) is 0 Å². The Balaban J connectivity index is 1.84. The van der Waals surface area contributed by atoms with E-state index in [2.05, 4.69) is 5.32 Å². The van der Waals surface area contributed by atoms with Crippen LogP contribution in [0.5, 0.6) is 5.75 Å². The van der Waals surface area contributed by atoms with Gasteiger partial charge < -0.3 is 10.4 Å². The van der Waals surface area contributed by atoms with Crippen molar-refractivity contribution < 1.29 is 19.1 Å². The van der Waals surface area contributed by atoms with Crippen molar-refractivity contribution in [1.82, 2.24) is 10.2 Å². The molecule has 0 atom stereocenters. The molecule has 0 bridgehead atoms. The summed E-state index contributed by atoms with van der Waals surface area (Å²) in [6, 6.07) is 9.31. The molecule has 2 aromatic rings. The minimum atomic E-state index is -0.586. The number of carbonyl (C=O) groups is 2. The van der Waals surface area contributed by atoms with Gasteiger partial charge in [0.15, 0.2) is 0 Å². The van der Waals surface area contributed by atoms with Crippen molar-refractivity contribution in [3.8, 4) is 5.75 Å². The SMILES string of the molecule is O=C1NC(=Cc2cc(Cl)ccc2O)C(=O)N1Cc1ccc(F)cc1. The summed E-state index contributed by atoms with van der Waals surface area (Å²) in [6.45, 7) is 0.0177. The molecule has 3 rings (SSSR count). The zero-order valence-corrected chi connectivity index (χ0v) is 13.0. The molecule has 7 heteroatoms. The number of carbonyl (C=O) groups excluding carboxylic acids is 2. The maximum atomic E-state index is 12.9. The molecule has 0 spiro atoms. The summed E-state index contributed by atoms with van der Waals surface area (Å²) in [4.78, 5) is 25.4. The van der Waals surface area contributed by atoms with Crippen LogP contribution in [0.25, 0.3) is 6.08 Å². The number of imide groups is 1. The molecule has 1 fully saturated rings. The Morgan fingerprint density at radius 3 is 2.58 bits per heavy atom. The number of amides is 3. The highest BCUT2D eigenvalue weighted by molar-refractivity contribution is 6.30. The van der Waals surface area contributed by atoms with Gasteiger partial charge in [-0.15, -0.1) is 0 Å². The number of nitrogens with zero attached hydrogens (tertiary/aromatic N) is 1. The molecule has 122 valence electrons. The van der Waals surface area contributed by atoms with Crippen LogP contribution < -0.4 is 5.32 Å². The lowest BCUT2D eigenvalue weighted by atomic mass is 10.1. The van der Waals surface area contributed by atoms with E-state index < -0.39 is 17.8 Å². The second-order valence-corrected chi connectivity index (χ2v) is 5.65. The van der Waals surface area contributed by atoms with Gasteiger partial charge >= 0.3 is 6.03 Å². The standard InChI is InChI=1S/C17H12ClFN2O3/c18-12-3-6-15(22)11(7-12)8-14-16(23)21(17(24)20-14)9-10-1-4-13(19)5-2-10/h1-8,22H,9H2,(H,20,24). The van der Waals surface area contributed by atoms with Gasteiger partial charge in [0.1, 0.15) is 17.3 Å². The Morgan fingerprint density at radius 1 is 1.17 bits per heavy atom. The number of phenols is 1. The van der Waals surface area contributed by atoms with Crippen LogP contribution in [0.2, 0.25) is 5.02 Å². The van der Waals surface area contributed by atoms with Gasteiger partial charge in [0.05, 0.1) is 6.54 Å². The molecule has 1 aliphatic rings. The molecular weight excluding hydrogens is 335 g/mol. The van der Waals surface area contributed by atoms with Crippen molar-refractivity contribution in [1.29, 1.82) is 0 Å². The van der Waals surface area contributed by atoms with Gasteiger partial charge in [0, 0.05) is 10.6 Å². The van der Waals surface area contributed by atoms with Crippen molar-refractivity contribution >= 4 is 29.6 Å². The summed E-state index contributed by atoms with van der Waals surface area (Å²) in [5.41, 5.74) is 0.959. The first kappa shape index (κ1) is 16.0. The predicted octanol–water partition coefficient (Wildman–Crippen LogP) is 3.28. The van der Waals surface area contributed by atoms with Crippen LogP contribution >= 0.6 is 11.6 Å². The number of rotatable bonds is 3. The molecule has 0 saturated carbocycles. The van der Waals surface area contributed by atoms with Crippen molar-refractivity contribution in [2.45, 2.75) is 6.54 Å². The summed E-state index contributed by atoms with van der Waals surface area (Å²) >= 11 is 5.86. The average molecular weight is 347 g/mol. The molecule has 2 aromatic carbocycles. The van der Waals surface area contributed by atoms with Crippen molar-refractivity contribution in [3.05, 3.63) is 70.1 Å². The number of phenolic OH excluding ortho intramolecular Hbond substituents is 1. The normalized spacial score (nSPS) is 15.9. The summed E-state index contributed by atoms with van der Waals surface area (Å²) in [5.74, 6) is -0.998. The van der Waals surface area contributed by atoms with Gasteiger partial charge in [0.25, 0.3) is 5.91 Å². The molecule has 0 aliphatic carbocycles. The number of hydrogen-bond donors (Lipinski definition) is 2. The lowest BCUT2D eigenvalue weighted by Gasteiger charge is -2.11. The van der Waals surface area contributed by atoms with E-state index in [0.717, 1.165) is 4.90 Å². The van der Waals surface area contributed by atoms with Gasteiger partial charge in [-0.25, -0.2) is 9.18 Å². The van der Waals surface area contributed by atoms with Crippen LogP contribution in [-0.2, 0) is 11.3 Å². The quantitative estimate of drug-likeness (QED) is 0.662. The maximum absolute atomic E-state index is 12.9. The van der Waals surface area contributed by atoms with E-state index >= 15 is 0 Å². The largest absolute Gasteiger partial charge is 0.507 e. The zero-order chi connectivity index (χ0) is 17.3. The third-order valence-corrected chi connectivity index (χ3v) is 3.74. The smallest absolute Gasteiger partial charge is 0.329 e. The van der Waals surface area contributed by atoms with Crippen LogP contribution in [0.1, 0.15) is 11.1 Å². The molecular formula is C17H12ClFN2O3. The molecule has 1 aliphatic heterocycles. The van der Waals surface area contributed by atoms with Gasteiger partial charge in [-0.2, -0.15) is 0 Å². The number of urea groups is 1. The summed E-state index contributed by atoms with van der Waals surface area (Å²) in [5, 5.41) is 12.6. The van der Waals surface area contributed by atoms with E-state index in [0.29, 0.717) is 16.1 Å². The van der Waals surface area contributed by atoms with E-state index in [-0.39, 0.29) is 18.0 Å². The first-order valence-electron chi connectivity index (χ1n) is 7.01. The Hall–Kier alpha value is -2.86. The molecule has 3 amide bonds. The molecule has 5 nitrogen and oxygen atoms in total. The summed E-state index contributed by atoms with van der Waals surface area (Å²) in [6.07, 6.45) is 1.35. The molecule has 0 unspecified atom stereocenters. The molecule has 0 radical (unpaired) electrons. The minimum Gasteiger partial charge on any atom is -0.507 e. The second kappa shape index (κ2) is 6.33. The minimum absolute atomic E-state index is 0.0177. The fourth-order valence-electron chi connectivity index (χ4n) is 2.28. The van der Waals surface area contributed by atoms with Gasteiger partial charge in [0.2, 0.25) is 0 Å². The predicted molar refractivity (Wildman–Crippen MR) is 86.6 cm³/mol.